The highest BCUT2D eigenvalue weighted by Crippen LogP contribution is 2.35. The number of nitriles is 1. The molecule has 152 valence electrons. The smallest absolute Gasteiger partial charge is 0.282 e. The summed E-state index contributed by atoms with van der Waals surface area (Å²) in [7, 11) is 0. The van der Waals surface area contributed by atoms with Crippen LogP contribution in [0.25, 0.3) is 5.57 Å². The summed E-state index contributed by atoms with van der Waals surface area (Å²) in [6.07, 6.45) is 0. The van der Waals surface area contributed by atoms with Crippen molar-refractivity contribution in [3.8, 4) is 6.07 Å². The minimum absolute atomic E-state index is 0.141. The normalized spacial score (nSPS) is 13.5. The molecule has 0 bridgehead atoms. The van der Waals surface area contributed by atoms with Crippen molar-refractivity contribution >= 4 is 52.0 Å². The van der Waals surface area contributed by atoms with E-state index in [0.717, 1.165) is 10.5 Å². The van der Waals surface area contributed by atoms with Gasteiger partial charge in [0.1, 0.15) is 5.70 Å². The van der Waals surface area contributed by atoms with Crippen LogP contribution in [0.15, 0.2) is 72.4 Å². The van der Waals surface area contributed by atoms with E-state index in [1.54, 1.807) is 66.7 Å². The Kier molecular flexibility index (Phi) is 5.51. The number of rotatable bonds is 4. The van der Waals surface area contributed by atoms with Gasteiger partial charge in [-0.15, -0.1) is 0 Å². The zero-order valence-electron chi connectivity index (χ0n) is 16.3. The molecular formula is C24H15Cl2N3O2. The van der Waals surface area contributed by atoms with Crippen LogP contribution in [0.5, 0.6) is 0 Å². The first-order chi connectivity index (χ1) is 14.9. The Morgan fingerprint density at radius 1 is 0.903 bits per heavy atom. The molecule has 5 nitrogen and oxygen atoms in total. The molecule has 0 spiro atoms. The summed E-state index contributed by atoms with van der Waals surface area (Å²) in [4.78, 5) is 27.9. The molecule has 0 unspecified atom stereocenters. The lowest BCUT2D eigenvalue weighted by molar-refractivity contribution is -0.120. The number of benzene rings is 3. The third-order valence-electron chi connectivity index (χ3n) is 5.00. The third-order valence-corrected chi connectivity index (χ3v) is 5.66. The van der Waals surface area contributed by atoms with Gasteiger partial charge < -0.3 is 5.32 Å². The summed E-state index contributed by atoms with van der Waals surface area (Å²) < 4.78 is 0. The van der Waals surface area contributed by atoms with Crippen molar-refractivity contribution in [1.29, 1.82) is 5.26 Å². The van der Waals surface area contributed by atoms with Crippen molar-refractivity contribution in [2.75, 3.05) is 10.2 Å². The molecule has 4 rings (SSSR count). The van der Waals surface area contributed by atoms with Crippen LogP contribution in [0.3, 0.4) is 0 Å². The lowest BCUT2D eigenvalue weighted by Gasteiger charge is -2.16. The number of hydrogen-bond acceptors (Lipinski definition) is 4. The predicted octanol–water partition coefficient (Wildman–Crippen LogP) is 5.57. The van der Waals surface area contributed by atoms with E-state index in [-0.39, 0.29) is 11.3 Å². The van der Waals surface area contributed by atoms with Gasteiger partial charge in [0.2, 0.25) is 0 Å². The van der Waals surface area contributed by atoms with E-state index in [2.05, 4.69) is 5.32 Å². The average Bonchev–Trinajstić information content (AvgIpc) is 3.01. The van der Waals surface area contributed by atoms with Gasteiger partial charge in [0.15, 0.2) is 0 Å². The molecule has 3 aromatic rings. The highest BCUT2D eigenvalue weighted by Gasteiger charge is 2.40. The van der Waals surface area contributed by atoms with E-state index in [4.69, 9.17) is 28.5 Å². The van der Waals surface area contributed by atoms with Gasteiger partial charge in [0.25, 0.3) is 11.8 Å². The molecule has 0 radical (unpaired) electrons. The molecule has 0 saturated heterocycles. The summed E-state index contributed by atoms with van der Waals surface area (Å²) >= 11 is 12.2. The number of nitrogens with zero attached hydrogens (tertiary/aromatic N) is 2. The van der Waals surface area contributed by atoms with Gasteiger partial charge in [-0.3, -0.25) is 9.59 Å². The topological polar surface area (TPSA) is 73.2 Å². The zero-order chi connectivity index (χ0) is 22.1. The first-order valence-corrected chi connectivity index (χ1v) is 10.1. The molecule has 2 amide bonds. The van der Waals surface area contributed by atoms with Crippen LogP contribution in [0.1, 0.15) is 16.7 Å². The Morgan fingerprint density at radius 2 is 1.58 bits per heavy atom. The molecule has 1 heterocycles. The standard InChI is InChI=1S/C24H15Cl2N3O2/c1-14-19(26)3-2-4-20(14)28-22-21(16-7-9-17(25)10-8-16)23(30)29(24(22)31)18-11-5-15(13-27)6-12-18/h2-12,28H,1H3. The maximum atomic E-state index is 13.4. The van der Waals surface area contributed by atoms with Gasteiger partial charge in [-0.25, -0.2) is 4.90 Å². The minimum atomic E-state index is -0.501. The van der Waals surface area contributed by atoms with Crippen LogP contribution >= 0.6 is 23.2 Å². The minimum Gasteiger partial charge on any atom is -0.350 e. The Balaban J connectivity index is 1.83. The first kappa shape index (κ1) is 20.7. The Morgan fingerprint density at radius 3 is 2.23 bits per heavy atom. The van der Waals surface area contributed by atoms with Crippen LogP contribution in [-0.2, 0) is 9.59 Å². The number of carbonyl (C=O) groups excluding carboxylic acids is 2. The number of nitrogens with one attached hydrogen (secondary N) is 1. The first-order valence-electron chi connectivity index (χ1n) is 9.32. The molecule has 31 heavy (non-hydrogen) atoms. The maximum Gasteiger partial charge on any atom is 0.282 e. The quantitative estimate of drug-likeness (QED) is 0.530. The fourth-order valence-corrected chi connectivity index (χ4v) is 3.63. The van der Waals surface area contributed by atoms with Gasteiger partial charge in [-0.1, -0.05) is 41.4 Å². The number of imide groups is 1. The Hall–Kier alpha value is -3.59. The van der Waals surface area contributed by atoms with Gasteiger partial charge in [-0.05, 0) is 66.6 Å². The summed E-state index contributed by atoms with van der Waals surface area (Å²) in [6, 6.07) is 20.3. The summed E-state index contributed by atoms with van der Waals surface area (Å²) in [6.45, 7) is 1.83. The van der Waals surface area contributed by atoms with Gasteiger partial charge >= 0.3 is 0 Å². The molecule has 0 saturated carbocycles. The van der Waals surface area contributed by atoms with Gasteiger partial charge in [0.05, 0.1) is 22.9 Å². The van der Waals surface area contributed by atoms with E-state index < -0.39 is 11.8 Å². The lowest BCUT2D eigenvalue weighted by atomic mass is 10.0. The van der Waals surface area contributed by atoms with Crippen LogP contribution in [0.4, 0.5) is 11.4 Å². The number of amides is 2. The molecule has 1 aliphatic heterocycles. The lowest BCUT2D eigenvalue weighted by Crippen LogP contribution is -2.32. The van der Waals surface area contributed by atoms with Crippen molar-refractivity contribution in [2.24, 2.45) is 0 Å². The Bertz CT molecular complexity index is 1270. The van der Waals surface area contributed by atoms with Gasteiger partial charge in [-0.2, -0.15) is 5.26 Å². The predicted molar refractivity (Wildman–Crippen MR) is 122 cm³/mol. The molecule has 3 aromatic carbocycles. The fourth-order valence-electron chi connectivity index (χ4n) is 3.33. The second-order valence-corrected chi connectivity index (χ2v) is 7.74. The highest BCUT2D eigenvalue weighted by atomic mass is 35.5. The van der Waals surface area contributed by atoms with Crippen molar-refractivity contribution in [3.63, 3.8) is 0 Å². The second kappa shape index (κ2) is 8.27. The molecule has 1 N–H and O–H groups in total. The largest absolute Gasteiger partial charge is 0.350 e. The second-order valence-electron chi connectivity index (χ2n) is 6.90. The summed E-state index contributed by atoms with van der Waals surface area (Å²) in [5.41, 5.74) is 3.11. The number of hydrogen-bond donors (Lipinski definition) is 1. The SMILES string of the molecule is Cc1c(Cl)cccc1NC1=C(c2ccc(Cl)cc2)C(=O)N(c2ccc(C#N)cc2)C1=O. The molecular weight excluding hydrogens is 433 g/mol. The zero-order valence-corrected chi connectivity index (χ0v) is 17.8. The third kappa shape index (κ3) is 3.79. The average molecular weight is 448 g/mol. The number of anilines is 2. The molecule has 0 aliphatic carbocycles. The fraction of sp³-hybridized carbons (Fsp3) is 0.0417. The van der Waals surface area contributed by atoms with Crippen LogP contribution < -0.4 is 10.2 Å². The van der Waals surface area contributed by atoms with E-state index in [9.17, 15) is 9.59 Å². The molecule has 0 aromatic heterocycles. The summed E-state index contributed by atoms with van der Waals surface area (Å²) in [5.74, 6) is -0.974. The highest BCUT2D eigenvalue weighted by molar-refractivity contribution is 6.46. The number of carbonyl (C=O) groups is 2. The van der Waals surface area contributed by atoms with E-state index in [1.165, 1.54) is 0 Å². The maximum absolute atomic E-state index is 13.4. The van der Waals surface area contributed by atoms with Crippen LogP contribution in [0, 0.1) is 18.3 Å². The summed E-state index contributed by atoms with van der Waals surface area (Å²) in [5, 5.41) is 13.2. The van der Waals surface area contributed by atoms with E-state index in [0.29, 0.717) is 32.5 Å². The molecule has 1 aliphatic rings. The monoisotopic (exact) mass is 447 g/mol. The van der Waals surface area contributed by atoms with Crippen molar-refractivity contribution < 1.29 is 9.59 Å². The Labute approximate surface area is 189 Å². The van der Waals surface area contributed by atoms with E-state index >= 15 is 0 Å². The van der Waals surface area contributed by atoms with Crippen molar-refractivity contribution in [1.82, 2.24) is 0 Å². The van der Waals surface area contributed by atoms with Crippen LogP contribution in [0.2, 0.25) is 10.0 Å². The van der Waals surface area contributed by atoms with Crippen LogP contribution in [-0.4, -0.2) is 11.8 Å². The van der Waals surface area contributed by atoms with Gasteiger partial charge in [0, 0.05) is 15.7 Å². The van der Waals surface area contributed by atoms with E-state index in [1.807, 2.05) is 13.0 Å². The van der Waals surface area contributed by atoms with Crippen molar-refractivity contribution in [2.45, 2.75) is 6.92 Å². The number of halogens is 2. The molecule has 7 heteroatoms. The molecule has 0 atom stereocenters. The molecule has 0 fully saturated rings. The van der Waals surface area contributed by atoms with Crippen molar-refractivity contribution in [3.05, 3.63) is 99.2 Å².